The van der Waals surface area contributed by atoms with Gasteiger partial charge in [0, 0.05) is 18.0 Å². The van der Waals surface area contributed by atoms with E-state index in [9.17, 15) is 32.3 Å². The minimum atomic E-state index is -4.59. The SMILES string of the molecule is COc1ccc(NC(=O)[C@@H](c2csnn2)N(Cc2ccc(C(F)(F)F)cc2)C(=O)CN2C(=O)c3ccccc3C2=O)c(OC)c1. The predicted molar refractivity (Wildman–Crippen MR) is 155 cm³/mol. The van der Waals surface area contributed by atoms with Gasteiger partial charge in [0.15, 0.2) is 6.04 Å². The third-order valence-corrected chi connectivity index (χ3v) is 7.53. The Labute approximate surface area is 258 Å². The van der Waals surface area contributed by atoms with Gasteiger partial charge in [0.25, 0.3) is 17.7 Å². The Morgan fingerprint density at radius 3 is 2.20 bits per heavy atom. The Bertz CT molecular complexity index is 1710. The van der Waals surface area contributed by atoms with Crippen LogP contribution in [0.4, 0.5) is 18.9 Å². The van der Waals surface area contributed by atoms with Crippen LogP contribution in [0.2, 0.25) is 0 Å². The van der Waals surface area contributed by atoms with E-state index in [1.807, 2.05) is 0 Å². The number of halogens is 3. The second kappa shape index (κ2) is 12.7. The lowest BCUT2D eigenvalue weighted by atomic mass is 10.1. The molecule has 0 saturated heterocycles. The zero-order valence-corrected chi connectivity index (χ0v) is 24.5. The van der Waals surface area contributed by atoms with E-state index >= 15 is 0 Å². The molecule has 0 bridgehead atoms. The van der Waals surface area contributed by atoms with Gasteiger partial charge in [-0.3, -0.25) is 24.1 Å². The van der Waals surface area contributed by atoms with Crippen LogP contribution in [0.3, 0.4) is 0 Å². The van der Waals surface area contributed by atoms with Crippen LogP contribution in [0.1, 0.15) is 43.6 Å². The van der Waals surface area contributed by atoms with Crippen molar-refractivity contribution in [2.75, 3.05) is 26.1 Å². The minimum absolute atomic E-state index is 0.0487. The molecule has 15 heteroatoms. The number of hydrogen-bond donors (Lipinski definition) is 1. The van der Waals surface area contributed by atoms with E-state index in [0.29, 0.717) is 5.75 Å². The summed E-state index contributed by atoms with van der Waals surface area (Å²) in [6.07, 6.45) is -4.59. The highest BCUT2D eigenvalue weighted by molar-refractivity contribution is 7.03. The number of methoxy groups -OCH3 is 2. The van der Waals surface area contributed by atoms with E-state index in [4.69, 9.17) is 9.47 Å². The standard InChI is InChI=1S/C30H24F3N5O6S/c1-43-19-11-12-22(24(13-19)44-2)34-27(40)26(23-16-45-36-35-23)37(14-17-7-9-18(10-8-17)30(31,32)33)25(39)15-38-28(41)20-5-3-4-6-21(20)29(38)42/h3-13,16,26H,14-15H2,1-2H3,(H,34,40)/t26-/m1/s1. The minimum Gasteiger partial charge on any atom is -0.497 e. The van der Waals surface area contributed by atoms with Gasteiger partial charge >= 0.3 is 6.18 Å². The van der Waals surface area contributed by atoms with E-state index in [2.05, 4.69) is 14.9 Å². The van der Waals surface area contributed by atoms with E-state index in [0.717, 1.165) is 33.5 Å². The fraction of sp³-hybridized carbons (Fsp3) is 0.200. The van der Waals surface area contributed by atoms with Crippen molar-refractivity contribution < 1.29 is 41.8 Å². The molecule has 1 aliphatic heterocycles. The summed E-state index contributed by atoms with van der Waals surface area (Å²) >= 11 is 0.906. The summed E-state index contributed by atoms with van der Waals surface area (Å²) in [5.74, 6) is -2.32. The van der Waals surface area contributed by atoms with Crippen molar-refractivity contribution in [1.29, 1.82) is 0 Å². The van der Waals surface area contributed by atoms with Gasteiger partial charge < -0.3 is 19.7 Å². The molecule has 0 radical (unpaired) electrons. The largest absolute Gasteiger partial charge is 0.497 e. The van der Waals surface area contributed by atoms with Gasteiger partial charge in [0.2, 0.25) is 5.91 Å². The van der Waals surface area contributed by atoms with Crippen LogP contribution in [-0.2, 0) is 22.3 Å². The molecule has 3 aromatic carbocycles. The molecule has 232 valence electrons. The number of imide groups is 1. The number of nitrogens with zero attached hydrogens (tertiary/aromatic N) is 4. The molecule has 2 heterocycles. The number of aromatic nitrogens is 2. The Morgan fingerprint density at radius 2 is 1.64 bits per heavy atom. The number of hydrogen-bond acceptors (Lipinski definition) is 9. The molecule has 5 rings (SSSR count). The number of benzene rings is 3. The summed E-state index contributed by atoms with van der Waals surface area (Å²) in [6.45, 7) is -1.13. The van der Waals surface area contributed by atoms with Gasteiger partial charge in [-0.25, -0.2) is 0 Å². The quantitative estimate of drug-likeness (QED) is 0.250. The van der Waals surface area contributed by atoms with Crippen molar-refractivity contribution in [3.8, 4) is 11.5 Å². The summed E-state index contributed by atoms with van der Waals surface area (Å²) < 4.78 is 54.1. The molecule has 0 aliphatic carbocycles. The van der Waals surface area contributed by atoms with Gasteiger partial charge in [-0.15, -0.1) is 5.10 Å². The van der Waals surface area contributed by atoms with Gasteiger partial charge in [-0.05, 0) is 53.5 Å². The smallest absolute Gasteiger partial charge is 0.416 e. The van der Waals surface area contributed by atoms with Crippen molar-refractivity contribution in [2.45, 2.75) is 18.8 Å². The molecular weight excluding hydrogens is 615 g/mol. The first kappa shape index (κ1) is 31.1. The number of carbonyl (C=O) groups is 4. The molecular formula is C30H24F3N5O6S. The molecule has 0 fully saturated rings. The number of nitrogens with one attached hydrogen (secondary N) is 1. The van der Waals surface area contributed by atoms with Crippen molar-refractivity contribution >= 4 is 40.8 Å². The molecule has 45 heavy (non-hydrogen) atoms. The number of rotatable bonds is 10. The van der Waals surface area contributed by atoms with Crippen molar-refractivity contribution in [3.63, 3.8) is 0 Å². The number of alkyl halides is 3. The molecule has 0 saturated carbocycles. The lowest BCUT2D eigenvalue weighted by Gasteiger charge is -2.31. The van der Waals surface area contributed by atoms with Crippen LogP contribution in [0.5, 0.6) is 11.5 Å². The molecule has 11 nitrogen and oxygen atoms in total. The molecule has 4 amide bonds. The highest BCUT2D eigenvalue weighted by atomic mass is 32.1. The Kier molecular flexibility index (Phi) is 8.81. The first-order valence-corrected chi connectivity index (χ1v) is 14.1. The maximum atomic E-state index is 14.0. The van der Waals surface area contributed by atoms with E-state index in [1.54, 1.807) is 18.2 Å². The first-order chi connectivity index (χ1) is 21.5. The van der Waals surface area contributed by atoms with E-state index in [-0.39, 0.29) is 40.4 Å². The second-order valence-electron chi connectivity index (χ2n) is 9.75. The fourth-order valence-corrected chi connectivity index (χ4v) is 5.23. The number of amides is 4. The highest BCUT2D eigenvalue weighted by Gasteiger charge is 2.40. The van der Waals surface area contributed by atoms with Gasteiger partial charge in [0.1, 0.15) is 23.7 Å². The van der Waals surface area contributed by atoms with Crippen molar-refractivity contribution in [1.82, 2.24) is 19.4 Å². The molecule has 1 aliphatic rings. The predicted octanol–water partition coefficient (Wildman–Crippen LogP) is 4.58. The van der Waals surface area contributed by atoms with Crippen molar-refractivity contribution in [2.24, 2.45) is 0 Å². The summed E-state index contributed by atoms with van der Waals surface area (Å²) in [5.41, 5.74) is -0.156. The number of ether oxygens (including phenoxy) is 2. The van der Waals surface area contributed by atoms with Crippen molar-refractivity contribution in [3.05, 3.63) is 100 Å². The van der Waals surface area contributed by atoms with Gasteiger partial charge in [-0.2, -0.15) is 13.2 Å². The maximum absolute atomic E-state index is 14.0. The van der Waals surface area contributed by atoms with Crippen LogP contribution in [0.15, 0.2) is 72.1 Å². The average Bonchev–Trinajstić information content (AvgIpc) is 3.64. The number of fused-ring (bicyclic) bond motifs is 1. The summed E-state index contributed by atoms with van der Waals surface area (Å²) in [7, 11) is 2.84. The molecule has 1 aromatic heterocycles. The molecule has 1 N–H and O–H groups in total. The van der Waals surface area contributed by atoms with E-state index < -0.39 is 48.0 Å². The Hall–Kier alpha value is -5.31. The topological polar surface area (TPSA) is 131 Å². The van der Waals surface area contributed by atoms with Crippen LogP contribution >= 0.6 is 11.5 Å². The van der Waals surface area contributed by atoms with Gasteiger partial charge in [0.05, 0.1) is 36.6 Å². The molecule has 1 atom stereocenters. The maximum Gasteiger partial charge on any atom is 0.416 e. The number of carbonyl (C=O) groups excluding carboxylic acids is 4. The van der Waals surface area contributed by atoms with Crippen LogP contribution in [-0.4, -0.2) is 63.8 Å². The summed E-state index contributed by atoms with van der Waals surface area (Å²) in [4.78, 5) is 55.9. The zero-order chi connectivity index (χ0) is 32.3. The first-order valence-electron chi connectivity index (χ1n) is 13.2. The molecule has 4 aromatic rings. The molecule has 0 unspecified atom stereocenters. The number of anilines is 1. The second-order valence-corrected chi connectivity index (χ2v) is 10.4. The monoisotopic (exact) mass is 639 g/mol. The lowest BCUT2D eigenvalue weighted by Crippen LogP contribution is -2.47. The summed E-state index contributed by atoms with van der Waals surface area (Å²) in [5, 5.41) is 8.14. The Morgan fingerprint density at radius 1 is 0.978 bits per heavy atom. The third-order valence-electron chi connectivity index (χ3n) is 7.01. The zero-order valence-electron chi connectivity index (χ0n) is 23.7. The fourth-order valence-electron chi connectivity index (χ4n) is 4.76. The third kappa shape index (κ3) is 6.47. The van der Waals surface area contributed by atoms with Crippen LogP contribution in [0, 0.1) is 0 Å². The van der Waals surface area contributed by atoms with Gasteiger partial charge in [-0.1, -0.05) is 28.8 Å². The highest BCUT2D eigenvalue weighted by Crippen LogP contribution is 2.33. The average molecular weight is 640 g/mol. The lowest BCUT2D eigenvalue weighted by molar-refractivity contribution is -0.140. The molecule has 0 spiro atoms. The Balaban J connectivity index is 1.52. The summed E-state index contributed by atoms with van der Waals surface area (Å²) in [6, 6.07) is 13.3. The normalized spacial score (nSPS) is 13.3. The van der Waals surface area contributed by atoms with Crippen LogP contribution in [0.25, 0.3) is 0 Å². The van der Waals surface area contributed by atoms with Crippen LogP contribution < -0.4 is 14.8 Å². The van der Waals surface area contributed by atoms with E-state index in [1.165, 1.54) is 56.0 Å².